The van der Waals surface area contributed by atoms with Crippen molar-refractivity contribution < 1.29 is 37.3 Å². The molecule has 0 saturated carbocycles. The topological polar surface area (TPSA) is 68.2 Å². The molecule has 2 aliphatic heterocycles. The highest BCUT2D eigenvalue weighted by Crippen LogP contribution is 2.38. The molecule has 0 bridgehead atoms. The Hall–Kier alpha value is -3.20. The predicted molar refractivity (Wildman–Crippen MR) is 128 cm³/mol. The van der Waals surface area contributed by atoms with Crippen LogP contribution in [0.2, 0.25) is 0 Å². The van der Waals surface area contributed by atoms with Crippen LogP contribution in [0.1, 0.15) is 43.4 Å². The first-order valence-corrected chi connectivity index (χ1v) is 12.0. The smallest absolute Gasteiger partial charge is 0.419 e. The summed E-state index contributed by atoms with van der Waals surface area (Å²) in [6.07, 6.45) is -1.30. The van der Waals surface area contributed by atoms with Crippen LogP contribution in [0.15, 0.2) is 42.0 Å². The second kappa shape index (κ2) is 10.8. The Morgan fingerprint density at radius 2 is 2.03 bits per heavy atom. The second-order valence-corrected chi connectivity index (χ2v) is 9.49. The van der Waals surface area contributed by atoms with Crippen LogP contribution >= 0.6 is 0 Å². The molecular weight excluding hydrogens is 475 g/mol. The van der Waals surface area contributed by atoms with Gasteiger partial charge >= 0.3 is 12.1 Å². The summed E-state index contributed by atoms with van der Waals surface area (Å²) in [6, 6.07) is 9.27. The van der Waals surface area contributed by atoms with Crippen LogP contribution in [0.5, 0.6) is 17.2 Å². The van der Waals surface area contributed by atoms with Gasteiger partial charge in [-0.2, -0.15) is 13.2 Å². The number of benzene rings is 2. The van der Waals surface area contributed by atoms with Gasteiger partial charge in [0.25, 0.3) is 0 Å². The molecule has 6 nitrogen and oxygen atoms in total. The average molecular weight is 506 g/mol. The number of ether oxygens (including phenoxy) is 3. The highest BCUT2D eigenvalue weighted by Gasteiger charge is 2.35. The highest BCUT2D eigenvalue weighted by molar-refractivity contribution is 5.70. The Morgan fingerprint density at radius 1 is 1.22 bits per heavy atom. The van der Waals surface area contributed by atoms with Crippen molar-refractivity contribution in [3.63, 3.8) is 0 Å². The van der Waals surface area contributed by atoms with Crippen LogP contribution in [0.25, 0.3) is 6.08 Å². The van der Waals surface area contributed by atoms with Crippen LogP contribution in [-0.4, -0.2) is 48.3 Å². The quantitative estimate of drug-likeness (QED) is 0.501. The summed E-state index contributed by atoms with van der Waals surface area (Å²) in [5, 5.41) is 9.29. The van der Waals surface area contributed by atoms with Gasteiger partial charge in [0, 0.05) is 24.7 Å². The number of hydrogen-bond acceptors (Lipinski definition) is 5. The molecular formula is C27H30F3NO5. The van der Waals surface area contributed by atoms with Gasteiger partial charge < -0.3 is 19.3 Å². The van der Waals surface area contributed by atoms with E-state index in [1.54, 1.807) is 32.0 Å². The van der Waals surface area contributed by atoms with E-state index in [0.29, 0.717) is 43.2 Å². The number of carboxylic acid groups (broad SMARTS) is 1. The van der Waals surface area contributed by atoms with Gasteiger partial charge in [0.15, 0.2) is 0 Å². The van der Waals surface area contributed by atoms with Crippen LogP contribution in [0.4, 0.5) is 13.2 Å². The Bertz CT molecular complexity index is 1130. The SMILES string of the molecule is CC(C)Oc1ccc(COc2ccc3c(c2)OCC(CN2CCC[C@@H](C(=O)O)C2)=C3)cc1C(F)(F)F. The third kappa shape index (κ3) is 6.51. The molecule has 0 aliphatic carbocycles. The van der Waals surface area contributed by atoms with Crippen molar-refractivity contribution in [2.75, 3.05) is 26.2 Å². The molecule has 0 radical (unpaired) electrons. The van der Waals surface area contributed by atoms with E-state index in [-0.39, 0.29) is 24.4 Å². The number of fused-ring (bicyclic) bond motifs is 1. The Labute approximate surface area is 208 Å². The van der Waals surface area contributed by atoms with E-state index < -0.39 is 17.7 Å². The summed E-state index contributed by atoms with van der Waals surface area (Å²) in [6.45, 7) is 5.75. The predicted octanol–water partition coefficient (Wildman–Crippen LogP) is 5.64. The van der Waals surface area contributed by atoms with Crippen LogP contribution in [-0.2, 0) is 17.6 Å². The average Bonchev–Trinajstić information content (AvgIpc) is 2.82. The fourth-order valence-corrected chi connectivity index (χ4v) is 4.47. The minimum Gasteiger partial charge on any atom is -0.490 e. The Kier molecular flexibility index (Phi) is 7.78. The van der Waals surface area contributed by atoms with Gasteiger partial charge in [-0.25, -0.2) is 0 Å². The first-order chi connectivity index (χ1) is 17.1. The number of likely N-dealkylation sites (tertiary alicyclic amines) is 1. The zero-order chi connectivity index (χ0) is 25.9. The molecule has 4 rings (SSSR count). The summed E-state index contributed by atoms with van der Waals surface area (Å²) in [7, 11) is 0. The van der Waals surface area contributed by atoms with E-state index in [9.17, 15) is 23.1 Å². The molecule has 0 amide bonds. The molecule has 194 valence electrons. The number of nitrogens with zero attached hydrogens (tertiary/aromatic N) is 1. The van der Waals surface area contributed by atoms with Gasteiger partial charge in [-0.3, -0.25) is 9.69 Å². The van der Waals surface area contributed by atoms with Crippen molar-refractivity contribution in [2.45, 2.75) is 45.6 Å². The Morgan fingerprint density at radius 3 is 2.75 bits per heavy atom. The van der Waals surface area contributed by atoms with Crippen molar-refractivity contribution in [3.05, 3.63) is 58.7 Å². The molecule has 1 saturated heterocycles. The molecule has 2 heterocycles. The summed E-state index contributed by atoms with van der Waals surface area (Å²) < 4.78 is 57.5. The zero-order valence-electron chi connectivity index (χ0n) is 20.3. The maximum Gasteiger partial charge on any atom is 0.419 e. The molecule has 2 aromatic rings. The summed E-state index contributed by atoms with van der Waals surface area (Å²) in [4.78, 5) is 13.5. The normalized spacial score (nSPS) is 18.3. The molecule has 36 heavy (non-hydrogen) atoms. The molecule has 0 unspecified atom stereocenters. The van der Waals surface area contributed by atoms with E-state index in [0.717, 1.165) is 30.2 Å². The Balaban J connectivity index is 1.40. The van der Waals surface area contributed by atoms with Crippen LogP contribution in [0, 0.1) is 5.92 Å². The van der Waals surface area contributed by atoms with E-state index in [2.05, 4.69) is 4.90 Å². The zero-order valence-corrected chi connectivity index (χ0v) is 20.3. The van der Waals surface area contributed by atoms with Crippen LogP contribution < -0.4 is 14.2 Å². The number of rotatable bonds is 8. The maximum atomic E-state index is 13.5. The number of carboxylic acids is 1. The minimum absolute atomic E-state index is 0.0371. The maximum absolute atomic E-state index is 13.5. The van der Waals surface area contributed by atoms with E-state index >= 15 is 0 Å². The van der Waals surface area contributed by atoms with Gasteiger partial charge in [-0.1, -0.05) is 6.07 Å². The molecule has 2 aromatic carbocycles. The van der Waals surface area contributed by atoms with Gasteiger partial charge in [0.05, 0.1) is 17.6 Å². The molecule has 1 N–H and O–H groups in total. The first-order valence-electron chi connectivity index (χ1n) is 12.0. The lowest BCUT2D eigenvalue weighted by atomic mass is 9.97. The fraction of sp³-hybridized carbons (Fsp3) is 0.444. The van der Waals surface area contributed by atoms with Crippen molar-refractivity contribution >= 4 is 12.0 Å². The number of piperidine rings is 1. The molecule has 2 aliphatic rings. The third-order valence-electron chi connectivity index (χ3n) is 6.16. The molecule has 1 fully saturated rings. The summed E-state index contributed by atoms with van der Waals surface area (Å²) >= 11 is 0. The lowest BCUT2D eigenvalue weighted by Crippen LogP contribution is -2.40. The van der Waals surface area contributed by atoms with Crippen molar-refractivity contribution in [3.8, 4) is 17.2 Å². The number of carbonyl (C=O) groups is 1. The van der Waals surface area contributed by atoms with Crippen molar-refractivity contribution in [2.24, 2.45) is 5.92 Å². The van der Waals surface area contributed by atoms with Gasteiger partial charge in [0.2, 0.25) is 0 Å². The fourth-order valence-electron chi connectivity index (χ4n) is 4.47. The number of aliphatic carboxylic acids is 1. The lowest BCUT2D eigenvalue weighted by molar-refractivity contribution is -0.143. The van der Waals surface area contributed by atoms with Gasteiger partial charge in [-0.05, 0) is 74.7 Å². The number of hydrogen-bond donors (Lipinski definition) is 1. The number of alkyl halides is 3. The van der Waals surface area contributed by atoms with Gasteiger partial charge in [-0.15, -0.1) is 0 Å². The second-order valence-electron chi connectivity index (χ2n) is 9.49. The van der Waals surface area contributed by atoms with Gasteiger partial charge in [0.1, 0.15) is 30.5 Å². The molecule has 1 atom stereocenters. The highest BCUT2D eigenvalue weighted by atomic mass is 19.4. The minimum atomic E-state index is -4.54. The summed E-state index contributed by atoms with van der Waals surface area (Å²) in [5.41, 5.74) is 1.49. The third-order valence-corrected chi connectivity index (χ3v) is 6.16. The molecule has 0 spiro atoms. The van der Waals surface area contributed by atoms with E-state index in [1.807, 2.05) is 12.1 Å². The first kappa shape index (κ1) is 25.9. The molecule has 9 heteroatoms. The summed E-state index contributed by atoms with van der Waals surface area (Å²) in [5.74, 6) is -0.158. The monoisotopic (exact) mass is 505 g/mol. The van der Waals surface area contributed by atoms with E-state index in [1.165, 1.54) is 6.07 Å². The molecule has 0 aromatic heterocycles. The lowest BCUT2D eigenvalue weighted by Gasteiger charge is -2.32. The van der Waals surface area contributed by atoms with Crippen molar-refractivity contribution in [1.82, 2.24) is 4.90 Å². The van der Waals surface area contributed by atoms with Crippen LogP contribution in [0.3, 0.4) is 0 Å². The largest absolute Gasteiger partial charge is 0.490 e. The number of halogens is 3. The van der Waals surface area contributed by atoms with Crippen molar-refractivity contribution in [1.29, 1.82) is 0 Å². The standard InChI is InChI=1S/C27H30F3NO5/c1-17(2)36-24-8-5-18(11-23(24)27(28,29)30)15-34-22-7-6-20-10-19(16-35-25(20)12-22)13-31-9-3-4-21(14-31)26(32)33/h5-8,10-12,17,21H,3-4,9,13-16H2,1-2H3,(H,32,33)/t21-/m1/s1. The van der Waals surface area contributed by atoms with E-state index in [4.69, 9.17) is 14.2 Å².